The molecule has 1 saturated heterocycles. The Kier molecular flexibility index (Phi) is 3.46. The first kappa shape index (κ1) is 11.4. The minimum atomic E-state index is -0.802. The maximum atomic E-state index is 11.3. The summed E-state index contributed by atoms with van der Waals surface area (Å²) in [5.74, 6) is -0.802. The summed E-state index contributed by atoms with van der Waals surface area (Å²) in [6.45, 7) is 1.70. The van der Waals surface area contributed by atoms with E-state index in [0.29, 0.717) is 5.02 Å². The van der Waals surface area contributed by atoms with Crippen molar-refractivity contribution in [3.05, 3.63) is 34.9 Å². The molecule has 0 saturated carbocycles. The highest BCUT2D eigenvalue weighted by molar-refractivity contribution is 6.30. The van der Waals surface area contributed by atoms with Gasteiger partial charge in [0.15, 0.2) is 0 Å². The summed E-state index contributed by atoms with van der Waals surface area (Å²) < 4.78 is 0. The first-order chi connectivity index (χ1) is 7.68. The number of likely N-dealkylation sites (tertiary alicyclic amines) is 1. The molecule has 2 rings (SSSR count). The molecular weight excluding hydrogens is 226 g/mol. The van der Waals surface area contributed by atoms with Crippen LogP contribution in [-0.4, -0.2) is 29.1 Å². The van der Waals surface area contributed by atoms with Crippen molar-refractivity contribution >= 4 is 17.6 Å². The number of rotatable bonds is 3. The standard InChI is InChI=1S/C12H14ClNO2/c13-10-5-3-4-9(8-10)11(12(15)16)14-6-1-2-7-14/h3-5,8,11H,1-2,6-7H2,(H,15,16). The van der Waals surface area contributed by atoms with E-state index in [9.17, 15) is 9.90 Å². The Labute approximate surface area is 99.6 Å². The number of carboxylic acid groups (broad SMARTS) is 1. The van der Waals surface area contributed by atoms with E-state index in [1.807, 2.05) is 11.0 Å². The van der Waals surface area contributed by atoms with Crippen LogP contribution in [0.5, 0.6) is 0 Å². The topological polar surface area (TPSA) is 40.5 Å². The van der Waals surface area contributed by atoms with Gasteiger partial charge in [-0.05, 0) is 43.6 Å². The Morgan fingerprint density at radius 1 is 1.38 bits per heavy atom. The van der Waals surface area contributed by atoms with Crippen LogP contribution in [0.2, 0.25) is 5.02 Å². The Morgan fingerprint density at radius 3 is 2.62 bits per heavy atom. The Balaban J connectivity index is 2.28. The summed E-state index contributed by atoms with van der Waals surface area (Å²) in [6, 6.07) is 6.56. The van der Waals surface area contributed by atoms with Crippen molar-refractivity contribution in [1.82, 2.24) is 4.90 Å². The van der Waals surface area contributed by atoms with Crippen molar-refractivity contribution in [3.8, 4) is 0 Å². The Hall–Kier alpha value is -1.06. The second-order valence-electron chi connectivity index (χ2n) is 4.04. The van der Waals surface area contributed by atoms with Gasteiger partial charge in [-0.3, -0.25) is 9.69 Å². The summed E-state index contributed by atoms with van der Waals surface area (Å²) in [7, 11) is 0. The predicted octanol–water partition coefficient (Wildman–Crippen LogP) is 2.56. The largest absolute Gasteiger partial charge is 0.480 e. The average molecular weight is 240 g/mol. The van der Waals surface area contributed by atoms with E-state index < -0.39 is 12.0 Å². The summed E-state index contributed by atoms with van der Waals surface area (Å²) in [6.07, 6.45) is 2.15. The summed E-state index contributed by atoms with van der Waals surface area (Å²) >= 11 is 5.89. The fourth-order valence-corrected chi connectivity index (χ4v) is 2.38. The van der Waals surface area contributed by atoms with Gasteiger partial charge in [0.05, 0.1) is 0 Å². The molecule has 0 aliphatic carbocycles. The number of nitrogens with zero attached hydrogens (tertiary/aromatic N) is 1. The summed E-state index contributed by atoms with van der Waals surface area (Å²) in [4.78, 5) is 13.3. The maximum absolute atomic E-state index is 11.3. The van der Waals surface area contributed by atoms with Gasteiger partial charge in [0.1, 0.15) is 6.04 Å². The molecule has 0 bridgehead atoms. The number of carbonyl (C=O) groups is 1. The lowest BCUT2D eigenvalue weighted by Crippen LogP contribution is -2.31. The molecule has 0 aromatic heterocycles. The first-order valence-electron chi connectivity index (χ1n) is 5.41. The van der Waals surface area contributed by atoms with Crippen LogP contribution in [0.3, 0.4) is 0 Å². The monoisotopic (exact) mass is 239 g/mol. The lowest BCUT2D eigenvalue weighted by Gasteiger charge is -2.24. The molecular formula is C12H14ClNO2. The van der Waals surface area contributed by atoms with Crippen LogP contribution in [0, 0.1) is 0 Å². The third-order valence-corrected chi connectivity index (χ3v) is 3.14. The summed E-state index contributed by atoms with van der Waals surface area (Å²) in [5.41, 5.74) is 0.766. The highest BCUT2D eigenvalue weighted by atomic mass is 35.5. The van der Waals surface area contributed by atoms with E-state index in [4.69, 9.17) is 11.6 Å². The number of carboxylic acids is 1. The lowest BCUT2D eigenvalue weighted by atomic mass is 10.1. The Morgan fingerprint density at radius 2 is 2.06 bits per heavy atom. The minimum Gasteiger partial charge on any atom is -0.480 e. The molecule has 16 heavy (non-hydrogen) atoms. The molecule has 0 amide bonds. The zero-order chi connectivity index (χ0) is 11.5. The third kappa shape index (κ3) is 2.36. The minimum absolute atomic E-state index is 0.554. The second-order valence-corrected chi connectivity index (χ2v) is 4.48. The lowest BCUT2D eigenvalue weighted by molar-refractivity contribution is -0.143. The van der Waals surface area contributed by atoms with Gasteiger partial charge in [-0.25, -0.2) is 0 Å². The number of halogens is 1. The van der Waals surface area contributed by atoms with Crippen LogP contribution < -0.4 is 0 Å². The fraction of sp³-hybridized carbons (Fsp3) is 0.417. The van der Waals surface area contributed by atoms with E-state index >= 15 is 0 Å². The quantitative estimate of drug-likeness (QED) is 0.881. The maximum Gasteiger partial charge on any atom is 0.325 e. The van der Waals surface area contributed by atoms with Crippen LogP contribution in [-0.2, 0) is 4.79 Å². The molecule has 1 N–H and O–H groups in total. The second kappa shape index (κ2) is 4.85. The van der Waals surface area contributed by atoms with Crippen LogP contribution in [0.25, 0.3) is 0 Å². The smallest absolute Gasteiger partial charge is 0.325 e. The fourth-order valence-electron chi connectivity index (χ4n) is 2.19. The van der Waals surface area contributed by atoms with Gasteiger partial charge in [0.25, 0.3) is 0 Å². The van der Waals surface area contributed by atoms with Crippen molar-refractivity contribution in [2.24, 2.45) is 0 Å². The predicted molar refractivity (Wildman–Crippen MR) is 62.6 cm³/mol. The highest BCUT2D eigenvalue weighted by Crippen LogP contribution is 2.26. The van der Waals surface area contributed by atoms with Gasteiger partial charge < -0.3 is 5.11 Å². The average Bonchev–Trinajstić information content (AvgIpc) is 2.71. The van der Waals surface area contributed by atoms with E-state index in [1.54, 1.807) is 18.2 Å². The van der Waals surface area contributed by atoms with E-state index in [0.717, 1.165) is 31.5 Å². The van der Waals surface area contributed by atoms with E-state index in [-0.39, 0.29) is 0 Å². The van der Waals surface area contributed by atoms with Crippen LogP contribution in [0.15, 0.2) is 24.3 Å². The van der Waals surface area contributed by atoms with E-state index in [2.05, 4.69) is 0 Å². The molecule has 3 nitrogen and oxygen atoms in total. The zero-order valence-electron chi connectivity index (χ0n) is 8.90. The van der Waals surface area contributed by atoms with Gasteiger partial charge in [0, 0.05) is 5.02 Å². The molecule has 1 aromatic carbocycles. The normalized spacial score (nSPS) is 18.6. The molecule has 0 radical (unpaired) electrons. The number of aliphatic carboxylic acids is 1. The van der Waals surface area contributed by atoms with Gasteiger partial charge >= 0.3 is 5.97 Å². The van der Waals surface area contributed by atoms with Gasteiger partial charge in [-0.15, -0.1) is 0 Å². The first-order valence-corrected chi connectivity index (χ1v) is 5.78. The van der Waals surface area contributed by atoms with Crippen LogP contribution >= 0.6 is 11.6 Å². The van der Waals surface area contributed by atoms with Crippen molar-refractivity contribution in [3.63, 3.8) is 0 Å². The van der Waals surface area contributed by atoms with Crippen molar-refractivity contribution < 1.29 is 9.90 Å². The van der Waals surface area contributed by atoms with Gasteiger partial charge in [-0.2, -0.15) is 0 Å². The number of hydrogen-bond acceptors (Lipinski definition) is 2. The molecule has 1 unspecified atom stereocenters. The van der Waals surface area contributed by atoms with Crippen LogP contribution in [0.1, 0.15) is 24.4 Å². The van der Waals surface area contributed by atoms with Gasteiger partial charge in [-0.1, -0.05) is 23.7 Å². The molecule has 1 aromatic rings. The Bertz CT molecular complexity index is 388. The molecule has 1 fully saturated rings. The van der Waals surface area contributed by atoms with Crippen molar-refractivity contribution in [1.29, 1.82) is 0 Å². The SMILES string of the molecule is O=C(O)C(c1cccc(Cl)c1)N1CCCC1. The van der Waals surface area contributed by atoms with Gasteiger partial charge in [0.2, 0.25) is 0 Å². The molecule has 86 valence electrons. The van der Waals surface area contributed by atoms with Crippen molar-refractivity contribution in [2.45, 2.75) is 18.9 Å². The number of benzene rings is 1. The molecule has 1 heterocycles. The molecule has 1 atom stereocenters. The molecule has 4 heteroatoms. The molecule has 1 aliphatic heterocycles. The van der Waals surface area contributed by atoms with E-state index in [1.165, 1.54) is 0 Å². The zero-order valence-corrected chi connectivity index (χ0v) is 9.65. The van der Waals surface area contributed by atoms with Crippen LogP contribution in [0.4, 0.5) is 0 Å². The number of hydrogen-bond donors (Lipinski definition) is 1. The molecule has 0 spiro atoms. The van der Waals surface area contributed by atoms with Crippen molar-refractivity contribution in [2.75, 3.05) is 13.1 Å². The summed E-state index contributed by atoms with van der Waals surface area (Å²) in [5, 5.41) is 9.88. The molecule has 1 aliphatic rings. The highest BCUT2D eigenvalue weighted by Gasteiger charge is 2.29. The third-order valence-electron chi connectivity index (χ3n) is 2.90.